The first-order chi connectivity index (χ1) is 13.0. The number of carbonyl (C=O) groups is 2. The average molecular weight is 401 g/mol. The number of halogens is 2. The Kier molecular flexibility index (Phi) is 6.06. The molecule has 0 aliphatic rings. The summed E-state index contributed by atoms with van der Waals surface area (Å²) in [6, 6.07) is 18.2. The summed E-state index contributed by atoms with van der Waals surface area (Å²) in [7, 11) is 0. The van der Waals surface area contributed by atoms with Gasteiger partial charge in [0, 0.05) is 6.20 Å². The van der Waals surface area contributed by atoms with Crippen LogP contribution in [0.3, 0.4) is 0 Å². The molecule has 136 valence electrons. The zero-order valence-corrected chi connectivity index (χ0v) is 15.5. The molecule has 0 unspecified atom stereocenters. The molecule has 2 aromatic carbocycles. The van der Waals surface area contributed by atoms with Crippen LogP contribution < -0.4 is 5.32 Å². The van der Waals surface area contributed by atoms with Crippen molar-refractivity contribution in [2.45, 2.75) is 0 Å². The number of hydrogen-bond acceptors (Lipinski definition) is 4. The predicted molar refractivity (Wildman–Crippen MR) is 105 cm³/mol. The second kappa shape index (κ2) is 8.66. The molecule has 7 heteroatoms. The first-order valence-electron chi connectivity index (χ1n) is 7.96. The molecule has 1 N–H and O–H groups in total. The van der Waals surface area contributed by atoms with E-state index in [1.807, 2.05) is 42.5 Å². The largest absolute Gasteiger partial charge is 0.452 e. The Morgan fingerprint density at radius 2 is 1.63 bits per heavy atom. The number of rotatable bonds is 5. The van der Waals surface area contributed by atoms with Crippen molar-refractivity contribution in [3.8, 4) is 11.1 Å². The van der Waals surface area contributed by atoms with Crippen LogP contribution in [0.5, 0.6) is 0 Å². The number of hydrogen-bond donors (Lipinski definition) is 1. The maximum atomic E-state index is 12.1. The first-order valence-corrected chi connectivity index (χ1v) is 8.72. The van der Waals surface area contributed by atoms with Crippen LogP contribution in [0.1, 0.15) is 10.4 Å². The molecule has 0 aliphatic carbocycles. The van der Waals surface area contributed by atoms with E-state index < -0.39 is 18.5 Å². The fraction of sp³-hybridized carbons (Fsp3) is 0.0500. The minimum Gasteiger partial charge on any atom is -0.452 e. The van der Waals surface area contributed by atoms with Crippen LogP contribution >= 0.6 is 23.2 Å². The van der Waals surface area contributed by atoms with Gasteiger partial charge < -0.3 is 10.1 Å². The molecule has 0 spiro atoms. The van der Waals surface area contributed by atoms with Gasteiger partial charge in [0.25, 0.3) is 5.91 Å². The number of nitrogens with one attached hydrogen (secondary N) is 1. The number of aromatic nitrogens is 1. The number of esters is 1. The fourth-order valence-electron chi connectivity index (χ4n) is 2.32. The second-order valence-corrected chi connectivity index (χ2v) is 6.40. The Balaban J connectivity index is 1.56. The SMILES string of the molecule is O=C(COC(=O)c1ccc(-c2ccccc2)cc1)Nc1ncc(Cl)cc1Cl. The number of nitrogens with zero attached hydrogens (tertiary/aromatic N) is 1. The molecule has 1 amide bonds. The van der Waals surface area contributed by atoms with Gasteiger partial charge in [-0.3, -0.25) is 4.79 Å². The van der Waals surface area contributed by atoms with Gasteiger partial charge in [-0.15, -0.1) is 0 Å². The molecule has 3 aromatic rings. The molecule has 0 bridgehead atoms. The summed E-state index contributed by atoms with van der Waals surface area (Å²) in [5.74, 6) is -1.00. The highest BCUT2D eigenvalue weighted by Crippen LogP contribution is 2.22. The molecular weight excluding hydrogens is 387 g/mol. The van der Waals surface area contributed by atoms with Gasteiger partial charge in [0.1, 0.15) is 0 Å². The van der Waals surface area contributed by atoms with E-state index in [0.29, 0.717) is 10.6 Å². The molecule has 0 aliphatic heterocycles. The lowest BCUT2D eigenvalue weighted by atomic mass is 10.0. The molecule has 27 heavy (non-hydrogen) atoms. The zero-order valence-electron chi connectivity index (χ0n) is 14.0. The van der Waals surface area contributed by atoms with Crippen LogP contribution in [0.15, 0.2) is 66.9 Å². The topological polar surface area (TPSA) is 68.3 Å². The molecule has 0 radical (unpaired) electrons. The Morgan fingerprint density at radius 1 is 0.963 bits per heavy atom. The van der Waals surface area contributed by atoms with Crippen molar-refractivity contribution >= 4 is 40.9 Å². The molecule has 1 aromatic heterocycles. The van der Waals surface area contributed by atoms with E-state index in [-0.39, 0.29) is 10.8 Å². The zero-order chi connectivity index (χ0) is 19.2. The lowest BCUT2D eigenvalue weighted by molar-refractivity contribution is -0.119. The van der Waals surface area contributed by atoms with Crippen molar-refractivity contribution in [3.05, 3.63) is 82.5 Å². The van der Waals surface area contributed by atoms with Gasteiger partial charge in [-0.05, 0) is 29.3 Å². The maximum Gasteiger partial charge on any atom is 0.338 e. The maximum absolute atomic E-state index is 12.1. The molecule has 0 saturated carbocycles. The molecule has 0 atom stereocenters. The summed E-state index contributed by atoms with van der Waals surface area (Å²) in [6.45, 7) is -0.458. The van der Waals surface area contributed by atoms with Gasteiger partial charge in [-0.1, -0.05) is 65.7 Å². The van der Waals surface area contributed by atoms with Crippen LogP contribution in [0.4, 0.5) is 5.82 Å². The molecule has 0 fully saturated rings. The molecule has 0 saturated heterocycles. The summed E-state index contributed by atoms with van der Waals surface area (Å²) in [4.78, 5) is 27.9. The van der Waals surface area contributed by atoms with E-state index in [9.17, 15) is 9.59 Å². The number of ether oxygens (including phenoxy) is 1. The van der Waals surface area contributed by atoms with Crippen LogP contribution in [0, 0.1) is 0 Å². The van der Waals surface area contributed by atoms with Crippen molar-refractivity contribution in [2.24, 2.45) is 0 Å². The number of carbonyl (C=O) groups excluding carboxylic acids is 2. The molecule has 3 rings (SSSR count). The van der Waals surface area contributed by atoms with Gasteiger partial charge >= 0.3 is 5.97 Å². The van der Waals surface area contributed by atoms with E-state index >= 15 is 0 Å². The minimum atomic E-state index is -0.597. The Morgan fingerprint density at radius 3 is 2.30 bits per heavy atom. The highest BCUT2D eigenvalue weighted by atomic mass is 35.5. The van der Waals surface area contributed by atoms with E-state index in [1.54, 1.807) is 12.1 Å². The van der Waals surface area contributed by atoms with E-state index in [4.69, 9.17) is 27.9 Å². The summed E-state index contributed by atoms with van der Waals surface area (Å²) < 4.78 is 5.02. The Bertz CT molecular complexity index is 961. The standard InChI is InChI=1S/C20H14Cl2N2O3/c21-16-10-17(22)19(23-11-16)24-18(25)12-27-20(26)15-8-6-14(7-9-15)13-4-2-1-3-5-13/h1-11H,12H2,(H,23,24,25). The third kappa shape index (κ3) is 5.06. The van der Waals surface area contributed by atoms with Gasteiger partial charge in [0.2, 0.25) is 0 Å². The lowest BCUT2D eigenvalue weighted by Crippen LogP contribution is -2.21. The highest BCUT2D eigenvalue weighted by Gasteiger charge is 2.12. The summed E-state index contributed by atoms with van der Waals surface area (Å²) in [5, 5.41) is 3.00. The minimum absolute atomic E-state index is 0.148. The Hall–Kier alpha value is -2.89. The van der Waals surface area contributed by atoms with Crippen LogP contribution in [-0.4, -0.2) is 23.5 Å². The molecule has 5 nitrogen and oxygen atoms in total. The average Bonchev–Trinajstić information content (AvgIpc) is 2.69. The van der Waals surface area contributed by atoms with Gasteiger partial charge in [-0.25, -0.2) is 9.78 Å². The number of amides is 1. The van der Waals surface area contributed by atoms with Crippen LogP contribution in [0.2, 0.25) is 10.0 Å². The first kappa shape index (κ1) is 18.9. The van der Waals surface area contributed by atoms with Gasteiger partial charge in [0.15, 0.2) is 12.4 Å². The monoisotopic (exact) mass is 400 g/mol. The highest BCUT2D eigenvalue weighted by molar-refractivity contribution is 6.36. The quantitative estimate of drug-likeness (QED) is 0.621. The summed E-state index contributed by atoms with van der Waals surface area (Å²) >= 11 is 11.7. The smallest absolute Gasteiger partial charge is 0.338 e. The van der Waals surface area contributed by atoms with Crippen LogP contribution in [0.25, 0.3) is 11.1 Å². The number of anilines is 1. The van der Waals surface area contributed by atoms with Crippen LogP contribution in [-0.2, 0) is 9.53 Å². The summed E-state index contributed by atoms with van der Waals surface area (Å²) in [6.07, 6.45) is 1.35. The number of pyridine rings is 1. The fourth-order valence-corrected chi connectivity index (χ4v) is 2.75. The number of benzene rings is 2. The van der Waals surface area contributed by atoms with E-state index in [1.165, 1.54) is 12.3 Å². The predicted octanol–water partition coefficient (Wildman–Crippen LogP) is 4.85. The third-order valence-corrected chi connectivity index (χ3v) is 4.12. The lowest BCUT2D eigenvalue weighted by Gasteiger charge is -2.08. The van der Waals surface area contributed by atoms with Crippen molar-refractivity contribution in [3.63, 3.8) is 0 Å². The van der Waals surface area contributed by atoms with Crippen molar-refractivity contribution in [1.82, 2.24) is 4.98 Å². The van der Waals surface area contributed by atoms with E-state index in [2.05, 4.69) is 10.3 Å². The third-order valence-electron chi connectivity index (χ3n) is 3.63. The Labute approximate surface area is 165 Å². The molecule has 1 heterocycles. The van der Waals surface area contributed by atoms with E-state index in [0.717, 1.165) is 11.1 Å². The van der Waals surface area contributed by atoms with Gasteiger partial charge in [-0.2, -0.15) is 0 Å². The van der Waals surface area contributed by atoms with Crippen molar-refractivity contribution in [1.29, 1.82) is 0 Å². The van der Waals surface area contributed by atoms with Crippen molar-refractivity contribution < 1.29 is 14.3 Å². The van der Waals surface area contributed by atoms with Crippen molar-refractivity contribution in [2.75, 3.05) is 11.9 Å². The molecular formula is C20H14Cl2N2O3. The van der Waals surface area contributed by atoms with Gasteiger partial charge in [0.05, 0.1) is 15.6 Å². The normalized spacial score (nSPS) is 10.3. The summed E-state index contributed by atoms with van der Waals surface area (Å²) in [5.41, 5.74) is 2.38. The second-order valence-electron chi connectivity index (χ2n) is 5.55.